The highest BCUT2D eigenvalue weighted by molar-refractivity contribution is 9.10. The van der Waals surface area contributed by atoms with Crippen molar-refractivity contribution < 1.29 is 9.13 Å². The van der Waals surface area contributed by atoms with Crippen LogP contribution in [0.25, 0.3) is 0 Å². The largest absolute Gasteiger partial charge is 0.493 e. The van der Waals surface area contributed by atoms with Gasteiger partial charge in [0.1, 0.15) is 5.82 Å². The maximum absolute atomic E-state index is 13.6. The first-order chi connectivity index (χ1) is 9.10. The van der Waals surface area contributed by atoms with Crippen LogP contribution in [0.3, 0.4) is 0 Å². The molecule has 2 rings (SSSR count). The van der Waals surface area contributed by atoms with Gasteiger partial charge < -0.3 is 10.5 Å². The van der Waals surface area contributed by atoms with Gasteiger partial charge in [0.15, 0.2) is 11.6 Å². The molecule has 0 fully saturated rings. The second kappa shape index (κ2) is 5.98. The fraction of sp³-hybridized carbons (Fsp3) is 0.0909. The van der Waals surface area contributed by atoms with Gasteiger partial charge in [-0.2, -0.15) is 5.10 Å². The van der Waals surface area contributed by atoms with E-state index in [2.05, 4.69) is 31.4 Å². The van der Waals surface area contributed by atoms with E-state index in [9.17, 15) is 4.39 Å². The van der Waals surface area contributed by atoms with E-state index in [0.29, 0.717) is 21.0 Å². The molecule has 0 unspecified atom stereocenters. The molecule has 100 valence electrons. The van der Waals surface area contributed by atoms with Gasteiger partial charge in [-0.3, -0.25) is 5.43 Å². The molecule has 0 aliphatic heterocycles. The highest BCUT2D eigenvalue weighted by Crippen LogP contribution is 2.26. The number of anilines is 2. The molecule has 1 heterocycles. The predicted molar refractivity (Wildman–Crippen MR) is 78.4 cm³/mol. The molecule has 1 aromatic heterocycles. The number of nitrogens with zero attached hydrogens (tertiary/aromatic N) is 2. The van der Waals surface area contributed by atoms with E-state index < -0.39 is 5.82 Å². The number of halogens is 2. The van der Waals surface area contributed by atoms with Crippen molar-refractivity contribution in [2.45, 2.75) is 0 Å². The van der Waals surface area contributed by atoms with Gasteiger partial charge in [0.2, 0.25) is 5.13 Å². The number of hydrogen-bond acceptors (Lipinski definition) is 6. The lowest BCUT2D eigenvalue weighted by molar-refractivity contribution is 0.385. The topological polar surface area (TPSA) is 72.5 Å². The zero-order valence-electron chi connectivity index (χ0n) is 9.85. The normalized spacial score (nSPS) is 10.9. The summed E-state index contributed by atoms with van der Waals surface area (Å²) in [4.78, 5) is 3.98. The summed E-state index contributed by atoms with van der Waals surface area (Å²) >= 11 is 4.54. The molecular formula is C11H10BrFN4OS. The molecule has 1 aromatic carbocycles. The average Bonchev–Trinajstić information content (AvgIpc) is 2.74. The highest BCUT2D eigenvalue weighted by Gasteiger charge is 2.09. The van der Waals surface area contributed by atoms with Gasteiger partial charge >= 0.3 is 0 Å². The van der Waals surface area contributed by atoms with Crippen molar-refractivity contribution in [3.8, 4) is 5.75 Å². The number of nitrogen functional groups attached to an aromatic ring is 1. The van der Waals surface area contributed by atoms with E-state index in [0.717, 1.165) is 0 Å². The van der Waals surface area contributed by atoms with Crippen LogP contribution in [0.15, 0.2) is 27.1 Å². The maximum Gasteiger partial charge on any atom is 0.205 e. The monoisotopic (exact) mass is 344 g/mol. The number of nitrogens with two attached hydrogens (primary N) is 1. The van der Waals surface area contributed by atoms with Crippen molar-refractivity contribution in [1.29, 1.82) is 0 Å². The lowest BCUT2D eigenvalue weighted by atomic mass is 10.2. The first-order valence-electron chi connectivity index (χ1n) is 5.13. The Bertz CT molecular complexity index is 617. The van der Waals surface area contributed by atoms with Crippen LogP contribution in [0.2, 0.25) is 0 Å². The molecule has 0 spiro atoms. The Morgan fingerprint density at radius 1 is 1.58 bits per heavy atom. The van der Waals surface area contributed by atoms with Crippen LogP contribution in [0.4, 0.5) is 15.3 Å². The Morgan fingerprint density at radius 3 is 3.00 bits per heavy atom. The molecule has 0 bridgehead atoms. The summed E-state index contributed by atoms with van der Waals surface area (Å²) in [5.41, 5.74) is 8.69. The molecule has 8 heteroatoms. The van der Waals surface area contributed by atoms with Crippen molar-refractivity contribution in [2.24, 2.45) is 5.10 Å². The first-order valence-corrected chi connectivity index (χ1v) is 6.80. The number of thiazole rings is 1. The quantitative estimate of drug-likeness (QED) is 0.660. The summed E-state index contributed by atoms with van der Waals surface area (Å²) in [7, 11) is 1.40. The second-order valence-corrected chi connectivity index (χ2v) is 5.23. The molecule has 19 heavy (non-hydrogen) atoms. The van der Waals surface area contributed by atoms with Gasteiger partial charge in [-0.1, -0.05) is 15.9 Å². The van der Waals surface area contributed by atoms with Crippen molar-refractivity contribution in [3.05, 3.63) is 33.4 Å². The van der Waals surface area contributed by atoms with Crippen LogP contribution in [-0.2, 0) is 0 Å². The third kappa shape index (κ3) is 3.42. The van der Waals surface area contributed by atoms with Gasteiger partial charge in [-0.15, -0.1) is 11.3 Å². The number of hydrogen-bond donors (Lipinski definition) is 2. The minimum atomic E-state index is -0.461. The van der Waals surface area contributed by atoms with E-state index in [-0.39, 0.29) is 5.75 Å². The Labute approximate surface area is 121 Å². The molecule has 0 saturated heterocycles. The lowest BCUT2D eigenvalue weighted by Crippen LogP contribution is -1.97. The number of rotatable bonds is 4. The van der Waals surface area contributed by atoms with Crippen LogP contribution in [0.1, 0.15) is 5.56 Å². The summed E-state index contributed by atoms with van der Waals surface area (Å²) in [6.07, 6.45) is 1.45. The van der Waals surface area contributed by atoms with Gasteiger partial charge in [0.05, 0.1) is 13.3 Å². The summed E-state index contributed by atoms with van der Waals surface area (Å²) in [6.45, 7) is 0. The van der Waals surface area contributed by atoms with Crippen molar-refractivity contribution in [1.82, 2.24) is 4.98 Å². The van der Waals surface area contributed by atoms with Gasteiger partial charge in [0.25, 0.3) is 0 Å². The maximum atomic E-state index is 13.6. The summed E-state index contributed by atoms with van der Waals surface area (Å²) in [5, 5.41) is 6.22. The summed E-state index contributed by atoms with van der Waals surface area (Å²) < 4.78 is 19.2. The molecule has 0 aliphatic carbocycles. The minimum absolute atomic E-state index is 0.132. The van der Waals surface area contributed by atoms with Crippen LogP contribution >= 0.6 is 27.3 Å². The van der Waals surface area contributed by atoms with Crippen LogP contribution in [-0.4, -0.2) is 18.3 Å². The van der Waals surface area contributed by atoms with E-state index >= 15 is 0 Å². The molecule has 0 radical (unpaired) electrons. The van der Waals surface area contributed by atoms with E-state index in [1.165, 1.54) is 30.7 Å². The molecule has 0 amide bonds. The summed E-state index contributed by atoms with van der Waals surface area (Å²) in [5.74, 6) is 0.0954. The van der Waals surface area contributed by atoms with Gasteiger partial charge in [0, 0.05) is 15.4 Å². The smallest absolute Gasteiger partial charge is 0.205 e. The van der Waals surface area contributed by atoms with E-state index in [1.54, 1.807) is 11.4 Å². The molecule has 3 N–H and O–H groups in total. The number of benzene rings is 1. The predicted octanol–water partition coefficient (Wildman–Crippen LogP) is 3.08. The molecule has 0 aliphatic rings. The van der Waals surface area contributed by atoms with E-state index in [1.807, 2.05) is 0 Å². The SMILES string of the molecule is COc1c(F)cc(Br)cc1C=NNc1nc(N)cs1. The molecule has 0 atom stereocenters. The van der Waals surface area contributed by atoms with Crippen LogP contribution < -0.4 is 15.9 Å². The fourth-order valence-electron chi connectivity index (χ4n) is 1.39. The second-order valence-electron chi connectivity index (χ2n) is 3.46. The van der Waals surface area contributed by atoms with Crippen molar-refractivity contribution in [2.75, 3.05) is 18.3 Å². The number of methoxy groups -OCH3 is 1. The van der Waals surface area contributed by atoms with Crippen molar-refractivity contribution in [3.63, 3.8) is 0 Å². The van der Waals surface area contributed by atoms with Gasteiger partial charge in [-0.05, 0) is 12.1 Å². The minimum Gasteiger partial charge on any atom is -0.493 e. The Kier molecular flexibility index (Phi) is 4.33. The zero-order chi connectivity index (χ0) is 13.8. The lowest BCUT2D eigenvalue weighted by Gasteiger charge is -2.06. The number of ether oxygens (including phenoxy) is 1. The Morgan fingerprint density at radius 2 is 2.37 bits per heavy atom. The van der Waals surface area contributed by atoms with Crippen LogP contribution in [0.5, 0.6) is 5.75 Å². The first kappa shape index (κ1) is 13.8. The fourth-order valence-corrected chi connectivity index (χ4v) is 2.38. The summed E-state index contributed by atoms with van der Waals surface area (Å²) in [6, 6.07) is 3.02. The molecule has 5 nitrogen and oxygen atoms in total. The molecule has 0 saturated carbocycles. The Balaban J connectivity index is 2.18. The third-order valence-corrected chi connectivity index (χ3v) is 3.35. The standard InChI is InChI=1S/C11H10BrFN4OS/c1-18-10-6(2-7(12)3-8(10)13)4-15-17-11-16-9(14)5-19-11/h2-5H,14H2,1H3,(H,16,17). The van der Waals surface area contributed by atoms with Gasteiger partial charge in [-0.25, -0.2) is 9.37 Å². The third-order valence-electron chi connectivity index (χ3n) is 2.13. The molecular weight excluding hydrogens is 335 g/mol. The highest BCUT2D eigenvalue weighted by atomic mass is 79.9. The number of hydrazone groups is 1. The van der Waals surface area contributed by atoms with Crippen molar-refractivity contribution >= 4 is 44.4 Å². The number of aromatic nitrogens is 1. The van der Waals surface area contributed by atoms with E-state index in [4.69, 9.17) is 10.5 Å². The average molecular weight is 345 g/mol. The molecule has 2 aromatic rings. The zero-order valence-corrected chi connectivity index (χ0v) is 12.3. The van der Waals surface area contributed by atoms with Crippen LogP contribution in [0, 0.1) is 5.82 Å². The Hall–Kier alpha value is -1.67. The number of nitrogens with one attached hydrogen (secondary N) is 1.